The van der Waals surface area contributed by atoms with E-state index in [9.17, 15) is 9.59 Å². The molecule has 3 aromatic carbocycles. The second-order valence-electron chi connectivity index (χ2n) is 10.2. The molecule has 2 atom stereocenters. The number of anilines is 2. The number of hydrogen-bond acceptors (Lipinski definition) is 5. The molecule has 0 amide bonds. The number of Topliss-reactive ketones (excluding diaryl/α,β-unsaturated/α-hetero) is 1. The summed E-state index contributed by atoms with van der Waals surface area (Å²) in [6.45, 7) is 4.24. The lowest BCUT2D eigenvalue weighted by Crippen LogP contribution is -2.38. The van der Waals surface area contributed by atoms with E-state index >= 15 is 0 Å². The van der Waals surface area contributed by atoms with Crippen LogP contribution in [0.5, 0.6) is 0 Å². The topological polar surface area (TPSA) is 58.6 Å². The number of benzene rings is 3. The van der Waals surface area contributed by atoms with Crippen molar-refractivity contribution >= 4 is 34.7 Å². The summed E-state index contributed by atoms with van der Waals surface area (Å²) in [7, 11) is 0. The minimum atomic E-state index is -0.683. The van der Waals surface area contributed by atoms with Gasteiger partial charge in [0.2, 0.25) is 6.23 Å². The van der Waals surface area contributed by atoms with E-state index in [1.165, 1.54) is 0 Å². The van der Waals surface area contributed by atoms with Crippen molar-refractivity contribution < 1.29 is 14.3 Å². The standard InChI is InChI=1S/C29H25ClN2O3/c1-29(2)15-22-25(24(33)16-29)26(17-11-13-18(30)14-12-17)32(23-10-6-5-9-21(23)31-22)27-19-7-3-4-8-20(19)28(34)35-27/h3-14,26-27,31H,15-16H2,1-2H3/t26-,27-/m0/s1. The predicted octanol–water partition coefficient (Wildman–Crippen LogP) is 6.83. The third kappa shape index (κ3) is 3.62. The van der Waals surface area contributed by atoms with Crippen LogP contribution in [0.15, 0.2) is 84.1 Å². The lowest BCUT2D eigenvalue weighted by atomic mass is 9.73. The molecule has 3 aliphatic rings. The van der Waals surface area contributed by atoms with Crippen LogP contribution in [0.3, 0.4) is 0 Å². The summed E-state index contributed by atoms with van der Waals surface area (Å²) < 4.78 is 6.01. The minimum Gasteiger partial charge on any atom is -0.433 e. The first-order chi connectivity index (χ1) is 16.8. The number of ether oxygens (including phenoxy) is 1. The molecule has 3 aromatic rings. The summed E-state index contributed by atoms with van der Waals surface area (Å²) in [5.41, 5.74) is 5.45. The van der Waals surface area contributed by atoms with E-state index in [1.807, 2.05) is 66.7 Å². The molecule has 1 aliphatic carbocycles. The fraction of sp³-hybridized carbons (Fsp3) is 0.241. The monoisotopic (exact) mass is 484 g/mol. The third-order valence-electron chi connectivity index (χ3n) is 7.04. The quantitative estimate of drug-likeness (QED) is 0.404. The Kier molecular flexibility index (Phi) is 5.01. The van der Waals surface area contributed by atoms with Gasteiger partial charge in [0.05, 0.1) is 23.0 Å². The molecule has 6 heteroatoms. The van der Waals surface area contributed by atoms with E-state index in [1.54, 1.807) is 6.07 Å². The summed E-state index contributed by atoms with van der Waals surface area (Å²) in [6, 6.07) is 22.5. The maximum absolute atomic E-state index is 13.8. The van der Waals surface area contributed by atoms with Gasteiger partial charge in [0.25, 0.3) is 0 Å². The number of para-hydroxylation sites is 2. The summed E-state index contributed by atoms with van der Waals surface area (Å²) in [4.78, 5) is 28.8. The van der Waals surface area contributed by atoms with Gasteiger partial charge in [-0.2, -0.15) is 0 Å². The molecule has 0 unspecified atom stereocenters. The predicted molar refractivity (Wildman–Crippen MR) is 136 cm³/mol. The smallest absolute Gasteiger partial charge is 0.340 e. The molecule has 2 heterocycles. The third-order valence-corrected chi connectivity index (χ3v) is 7.30. The van der Waals surface area contributed by atoms with Crippen molar-refractivity contribution in [3.05, 3.63) is 106 Å². The summed E-state index contributed by atoms with van der Waals surface area (Å²) >= 11 is 6.24. The Bertz CT molecular complexity index is 1390. The number of allylic oxidation sites excluding steroid dienone is 1. The van der Waals surface area contributed by atoms with E-state index in [0.29, 0.717) is 22.6 Å². The number of nitrogens with one attached hydrogen (secondary N) is 1. The van der Waals surface area contributed by atoms with E-state index in [4.69, 9.17) is 16.3 Å². The van der Waals surface area contributed by atoms with Gasteiger partial charge in [-0.25, -0.2) is 4.79 Å². The van der Waals surface area contributed by atoms with Crippen LogP contribution in [0.4, 0.5) is 11.4 Å². The van der Waals surface area contributed by atoms with Crippen LogP contribution >= 0.6 is 11.6 Å². The molecular weight excluding hydrogens is 460 g/mol. The average molecular weight is 485 g/mol. The summed E-state index contributed by atoms with van der Waals surface area (Å²) in [5.74, 6) is -0.264. The number of esters is 1. The highest BCUT2D eigenvalue weighted by Gasteiger charge is 2.46. The van der Waals surface area contributed by atoms with E-state index < -0.39 is 12.3 Å². The van der Waals surface area contributed by atoms with Gasteiger partial charge >= 0.3 is 5.97 Å². The lowest BCUT2D eigenvalue weighted by Gasteiger charge is -2.40. The van der Waals surface area contributed by atoms with Gasteiger partial charge in [-0.1, -0.05) is 67.9 Å². The first kappa shape index (κ1) is 21.9. The van der Waals surface area contributed by atoms with Crippen molar-refractivity contribution in [2.75, 3.05) is 10.2 Å². The molecule has 0 saturated heterocycles. The zero-order valence-corrected chi connectivity index (χ0v) is 20.3. The summed E-state index contributed by atoms with van der Waals surface area (Å²) in [6.07, 6.45) is 0.501. The van der Waals surface area contributed by atoms with Crippen molar-refractivity contribution in [1.29, 1.82) is 0 Å². The van der Waals surface area contributed by atoms with Crippen LogP contribution in [0, 0.1) is 5.41 Å². The van der Waals surface area contributed by atoms with Crippen LogP contribution in [0.2, 0.25) is 5.02 Å². The number of cyclic esters (lactones) is 1. The second-order valence-corrected chi connectivity index (χ2v) is 10.6. The number of hydrogen-bond donors (Lipinski definition) is 1. The van der Waals surface area contributed by atoms with E-state index in [-0.39, 0.29) is 17.2 Å². The Morgan fingerprint density at radius 3 is 2.46 bits per heavy atom. The zero-order valence-electron chi connectivity index (χ0n) is 19.5. The molecule has 0 fully saturated rings. The first-order valence-electron chi connectivity index (χ1n) is 11.8. The maximum atomic E-state index is 13.8. The van der Waals surface area contributed by atoms with Gasteiger partial charge in [0.15, 0.2) is 5.78 Å². The van der Waals surface area contributed by atoms with Crippen molar-refractivity contribution in [2.45, 2.75) is 39.0 Å². The van der Waals surface area contributed by atoms with Gasteiger partial charge in [-0.3, -0.25) is 4.79 Å². The van der Waals surface area contributed by atoms with Crippen LogP contribution in [-0.2, 0) is 9.53 Å². The Balaban J connectivity index is 1.64. The number of rotatable bonds is 2. The van der Waals surface area contributed by atoms with Crippen LogP contribution < -0.4 is 10.2 Å². The molecule has 0 spiro atoms. The largest absolute Gasteiger partial charge is 0.433 e. The van der Waals surface area contributed by atoms with Crippen molar-refractivity contribution in [2.24, 2.45) is 5.41 Å². The van der Waals surface area contributed by atoms with Gasteiger partial charge < -0.3 is 15.0 Å². The van der Waals surface area contributed by atoms with E-state index in [0.717, 1.165) is 34.6 Å². The molecule has 0 radical (unpaired) electrons. The number of ketones is 1. The molecule has 0 aromatic heterocycles. The molecule has 5 nitrogen and oxygen atoms in total. The van der Waals surface area contributed by atoms with Crippen molar-refractivity contribution in [3.8, 4) is 0 Å². The van der Waals surface area contributed by atoms with Gasteiger partial charge in [-0.15, -0.1) is 0 Å². The molecule has 6 rings (SSSR count). The molecular formula is C29H25ClN2O3. The fourth-order valence-electron chi connectivity index (χ4n) is 5.58. The minimum absolute atomic E-state index is 0.0964. The van der Waals surface area contributed by atoms with Gasteiger partial charge in [-0.05, 0) is 47.7 Å². The normalized spacial score (nSPS) is 22.5. The maximum Gasteiger partial charge on any atom is 0.340 e. The summed E-state index contributed by atoms with van der Waals surface area (Å²) in [5, 5.41) is 4.22. The Labute approximate surface area is 209 Å². The molecule has 1 N–H and O–H groups in total. The van der Waals surface area contributed by atoms with Gasteiger partial charge in [0.1, 0.15) is 0 Å². The Morgan fingerprint density at radius 2 is 1.66 bits per heavy atom. The average Bonchev–Trinajstić information content (AvgIpc) is 3.07. The molecule has 176 valence electrons. The van der Waals surface area contributed by atoms with Crippen LogP contribution in [-0.4, -0.2) is 11.8 Å². The zero-order chi connectivity index (χ0) is 24.3. The highest BCUT2D eigenvalue weighted by Crippen LogP contribution is 2.52. The SMILES string of the molecule is CC1(C)CC(=O)C2=C(C1)Nc1ccccc1N([C@H]1OC(=O)c3ccccc31)[C@H]2c1ccc(Cl)cc1. The highest BCUT2D eigenvalue weighted by molar-refractivity contribution is 6.30. The molecule has 0 bridgehead atoms. The van der Waals surface area contributed by atoms with Crippen molar-refractivity contribution in [3.63, 3.8) is 0 Å². The van der Waals surface area contributed by atoms with Crippen LogP contribution in [0.1, 0.15) is 60.4 Å². The molecule has 2 aliphatic heterocycles. The Hall–Kier alpha value is -3.57. The number of carbonyl (C=O) groups excluding carboxylic acids is 2. The number of nitrogens with zero attached hydrogens (tertiary/aromatic N) is 1. The van der Waals surface area contributed by atoms with E-state index in [2.05, 4.69) is 24.1 Å². The number of fused-ring (bicyclic) bond motifs is 2. The molecule has 0 saturated carbocycles. The molecule has 35 heavy (non-hydrogen) atoms. The number of halogens is 1. The fourth-order valence-corrected chi connectivity index (χ4v) is 5.70. The highest BCUT2D eigenvalue weighted by atomic mass is 35.5. The first-order valence-corrected chi connectivity index (χ1v) is 12.2. The Morgan fingerprint density at radius 1 is 0.943 bits per heavy atom. The lowest BCUT2D eigenvalue weighted by molar-refractivity contribution is -0.118. The van der Waals surface area contributed by atoms with Crippen LogP contribution in [0.25, 0.3) is 0 Å². The second kappa shape index (κ2) is 7.99. The van der Waals surface area contributed by atoms with Gasteiger partial charge in [0, 0.05) is 28.3 Å². The van der Waals surface area contributed by atoms with Crippen molar-refractivity contribution in [1.82, 2.24) is 0 Å². The number of carbonyl (C=O) groups is 2.